The molecule has 0 aliphatic carbocycles. The van der Waals surface area contributed by atoms with E-state index in [0.29, 0.717) is 5.90 Å². The summed E-state index contributed by atoms with van der Waals surface area (Å²) in [4.78, 5) is 0. The van der Waals surface area contributed by atoms with Crippen LogP contribution in [0.15, 0.2) is 0 Å². The molecule has 0 spiro atoms. The number of nitrogens with one attached hydrogen (secondary N) is 1. The highest BCUT2D eigenvalue weighted by Gasteiger charge is 2.06. The molecule has 1 unspecified atom stereocenters. The molecule has 0 aliphatic heterocycles. The van der Waals surface area contributed by atoms with Crippen LogP contribution in [0.3, 0.4) is 0 Å². The standard InChI is InChI=1S/C6H13NOS/c1-5(3-4-9)6(7)8-2/h5,7,9H,3-4H2,1-2H3. The summed E-state index contributed by atoms with van der Waals surface area (Å²) in [7, 11) is 1.53. The van der Waals surface area contributed by atoms with Crippen LogP contribution in [0.4, 0.5) is 0 Å². The molecule has 0 radical (unpaired) electrons. The van der Waals surface area contributed by atoms with E-state index < -0.39 is 0 Å². The van der Waals surface area contributed by atoms with Gasteiger partial charge in [-0.2, -0.15) is 12.6 Å². The molecule has 1 atom stereocenters. The summed E-state index contributed by atoms with van der Waals surface area (Å²) >= 11 is 4.04. The summed E-state index contributed by atoms with van der Waals surface area (Å²) in [5.74, 6) is 1.38. The Morgan fingerprint density at radius 3 is 2.67 bits per heavy atom. The molecule has 0 rings (SSSR count). The van der Waals surface area contributed by atoms with Gasteiger partial charge in [-0.15, -0.1) is 0 Å². The number of ether oxygens (including phenoxy) is 1. The molecule has 0 saturated carbocycles. The average Bonchev–Trinajstić information content (AvgIpc) is 1.87. The van der Waals surface area contributed by atoms with Crippen molar-refractivity contribution >= 4 is 18.5 Å². The van der Waals surface area contributed by atoms with Gasteiger partial charge in [-0.3, -0.25) is 5.41 Å². The van der Waals surface area contributed by atoms with Gasteiger partial charge in [0.25, 0.3) is 0 Å². The van der Waals surface area contributed by atoms with Crippen LogP contribution in [0.25, 0.3) is 0 Å². The normalized spacial score (nSPS) is 12.8. The van der Waals surface area contributed by atoms with Crippen LogP contribution in [-0.4, -0.2) is 18.8 Å². The van der Waals surface area contributed by atoms with Gasteiger partial charge in [0.2, 0.25) is 0 Å². The fraction of sp³-hybridized carbons (Fsp3) is 0.833. The zero-order valence-electron chi connectivity index (χ0n) is 5.85. The van der Waals surface area contributed by atoms with E-state index >= 15 is 0 Å². The van der Waals surface area contributed by atoms with E-state index in [0.717, 1.165) is 12.2 Å². The molecule has 0 aromatic rings. The molecule has 2 nitrogen and oxygen atoms in total. The van der Waals surface area contributed by atoms with Crippen molar-refractivity contribution < 1.29 is 4.74 Å². The molecule has 0 fully saturated rings. The molecule has 0 aromatic carbocycles. The summed E-state index contributed by atoms with van der Waals surface area (Å²) in [6.07, 6.45) is 0.912. The Labute approximate surface area is 61.5 Å². The molecule has 9 heavy (non-hydrogen) atoms. The average molecular weight is 147 g/mol. The third-order valence-corrected chi connectivity index (χ3v) is 1.49. The van der Waals surface area contributed by atoms with E-state index in [1.54, 1.807) is 0 Å². The monoisotopic (exact) mass is 147 g/mol. The SMILES string of the molecule is COC(=N)C(C)CCS. The number of rotatable bonds is 3. The first kappa shape index (κ1) is 8.82. The topological polar surface area (TPSA) is 33.1 Å². The highest BCUT2D eigenvalue weighted by molar-refractivity contribution is 7.80. The van der Waals surface area contributed by atoms with Gasteiger partial charge < -0.3 is 4.74 Å². The minimum atomic E-state index is 0.215. The van der Waals surface area contributed by atoms with Gasteiger partial charge in [-0.05, 0) is 12.2 Å². The van der Waals surface area contributed by atoms with Crippen molar-refractivity contribution in [2.24, 2.45) is 5.92 Å². The van der Waals surface area contributed by atoms with Crippen molar-refractivity contribution in [3.63, 3.8) is 0 Å². The van der Waals surface area contributed by atoms with E-state index in [9.17, 15) is 0 Å². The third-order valence-electron chi connectivity index (χ3n) is 1.23. The van der Waals surface area contributed by atoms with E-state index in [1.165, 1.54) is 7.11 Å². The zero-order chi connectivity index (χ0) is 7.28. The molecule has 0 aliphatic rings. The van der Waals surface area contributed by atoms with Crippen LogP contribution in [0.5, 0.6) is 0 Å². The molecule has 54 valence electrons. The maximum Gasteiger partial charge on any atom is 0.182 e. The summed E-state index contributed by atoms with van der Waals surface area (Å²) in [6, 6.07) is 0. The Morgan fingerprint density at radius 1 is 1.78 bits per heavy atom. The molecular formula is C6H13NOS. The molecule has 0 amide bonds. The van der Waals surface area contributed by atoms with Gasteiger partial charge in [0, 0.05) is 5.92 Å². The first-order valence-electron chi connectivity index (χ1n) is 2.95. The minimum Gasteiger partial charge on any atom is -0.484 e. The lowest BCUT2D eigenvalue weighted by molar-refractivity contribution is 0.364. The summed E-state index contributed by atoms with van der Waals surface area (Å²) in [5, 5.41) is 7.19. The first-order valence-corrected chi connectivity index (χ1v) is 3.59. The second kappa shape index (κ2) is 4.68. The molecule has 0 bridgehead atoms. The highest BCUT2D eigenvalue weighted by Crippen LogP contribution is 2.04. The van der Waals surface area contributed by atoms with Crippen molar-refractivity contribution in [2.45, 2.75) is 13.3 Å². The molecule has 0 saturated heterocycles. The predicted molar refractivity (Wildman–Crippen MR) is 42.4 cm³/mol. The highest BCUT2D eigenvalue weighted by atomic mass is 32.1. The van der Waals surface area contributed by atoms with E-state index in [2.05, 4.69) is 12.6 Å². The summed E-state index contributed by atoms with van der Waals surface area (Å²) in [6.45, 7) is 1.96. The fourth-order valence-electron chi connectivity index (χ4n) is 0.526. The Bertz CT molecular complexity index is 95.1. The first-order chi connectivity index (χ1) is 4.22. The third kappa shape index (κ3) is 3.40. The number of hydrogen-bond donors (Lipinski definition) is 2. The van der Waals surface area contributed by atoms with Gasteiger partial charge >= 0.3 is 0 Å². The number of hydrogen-bond acceptors (Lipinski definition) is 3. The number of thiol groups is 1. The maximum atomic E-state index is 7.19. The number of methoxy groups -OCH3 is 1. The predicted octanol–water partition coefficient (Wildman–Crippen LogP) is 1.57. The van der Waals surface area contributed by atoms with Crippen molar-refractivity contribution in [3.05, 3.63) is 0 Å². The lowest BCUT2D eigenvalue weighted by Gasteiger charge is -2.08. The molecule has 0 heterocycles. The van der Waals surface area contributed by atoms with Crippen LogP contribution in [0.1, 0.15) is 13.3 Å². The van der Waals surface area contributed by atoms with Crippen molar-refractivity contribution in [1.82, 2.24) is 0 Å². The Hall–Kier alpha value is -0.180. The lowest BCUT2D eigenvalue weighted by atomic mass is 10.1. The Morgan fingerprint density at radius 2 is 2.33 bits per heavy atom. The van der Waals surface area contributed by atoms with Crippen molar-refractivity contribution in [2.75, 3.05) is 12.9 Å². The molecule has 3 heteroatoms. The van der Waals surface area contributed by atoms with E-state index in [1.807, 2.05) is 6.92 Å². The van der Waals surface area contributed by atoms with Crippen LogP contribution >= 0.6 is 12.6 Å². The Kier molecular flexibility index (Phi) is 4.58. The summed E-state index contributed by atoms with van der Waals surface area (Å²) < 4.78 is 4.71. The zero-order valence-corrected chi connectivity index (χ0v) is 6.74. The molecule has 0 aromatic heterocycles. The lowest BCUT2D eigenvalue weighted by Crippen LogP contribution is -2.11. The molecular weight excluding hydrogens is 134 g/mol. The van der Waals surface area contributed by atoms with Gasteiger partial charge in [-0.25, -0.2) is 0 Å². The van der Waals surface area contributed by atoms with E-state index in [4.69, 9.17) is 10.1 Å². The van der Waals surface area contributed by atoms with Crippen molar-refractivity contribution in [3.8, 4) is 0 Å². The maximum absolute atomic E-state index is 7.19. The smallest absolute Gasteiger partial charge is 0.182 e. The van der Waals surface area contributed by atoms with Gasteiger partial charge in [0.1, 0.15) is 0 Å². The van der Waals surface area contributed by atoms with Crippen LogP contribution in [-0.2, 0) is 4.74 Å². The van der Waals surface area contributed by atoms with Crippen molar-refractivity contribution in [1.29, 1.82) is 5.41 Å². The molecule has 1 N–H and O–H groups in total. The van der Waals surface area contributed by atoms with Gasteiger partial charge in [0.15, 0.2) is 5.90 Å². The van der Waals surface area contributed by atoms with Crippen LogP contribution in [0, 0.1) is 11.3 Å². The van der Waals surface area contributed by atoms with E-state index in [-0.39, 0.29) is 5.92 Å². The van der Waals surface area contributed by atoms with Crippen LogP contribution < -0.4 is 0 Å². The largest absolute Gasteiger partial charge is 0.484 e. The minimum absolute atomic E-state index is 0.215. The van der Waals surface area contributed by atoms with Gasteiger partial charge in [0.05, 0.1) is 7.11 Å². The van der Waals surface area contributed by atoms with Crippen LogP contribution in [0.2, 0.25) is 0 Å². The second-order valence-electron chi connectivity index (χ2n) is 1.98. The second-order valence-corrected chi connectivity index (χ2v) is 2.43. The quantitative estimate of drug-likeness (QED) is 0.354. The summed E-state index contributed by atoms with van der Waals surface area (Å²) in [5.41, 5.74) is 0. The van der Waals surface area contributed by atoms with Gasteiger partial charge in [-0.1, -0.05) is 6.92 Å². The Balaban J connectivity index is 3.45. The fourth-order valence-corrected chi connectivity index (χ4v) is 0.913.